The Hall–Kier alpha value is -2.50. The molecule has 0 heterocycles. The number of allylic oxidation sites excluding steroid dienone is 2. The number of rotatable bonds is 7. The van der Waals surface area contributed by atoms with Gasteiger partial charge in [0.2, 0.25) is 0 Å². The van der Waals surface area contributed by atoms with Gasteiger partial charge in [-0.25, -0.2) is 0 Å². The van der Waals surface area contributed by atoms with Gasteiger partial charge in [-0.05, 0) is 58.8 Å². The van der Waals surface area contributed by atoms with Crippen LogP contribution in [0.2, 0.25) is 0 Å². The zero-order chi connectivity index (χ0) is 24.8. The van der Waals surface area contributed by atoms with E-state index in [0.29, 0.717) is 30.7 Å². The van der Waals surface area contributed by atoms with Gasteiger partial charge in [0, 0.05) is 28.7 Å². The van der Waals surface area contributed by atoms with Gasteiger partial charge in [-0.15, -0.1) is 0 Å². The molecule has 1 aliphatic rings. The number of Topliss-reactive ketones (excluding diaryl/α,β-unsaturated/α-hetero) is 2. The molecular weight excluding hydrogens is 408 g/mol. The maximum Gasteiger partial charge on any atom is 0.175 e. The van der Waals surface area contributed by atoms with Gasteiger partial charge in [0.05, 0.1) is 10.8 Å². The molecule has 32 heavy (non-hydrogen) atoms. The number of phenolic OH excluding ortho intramolecular Hbond substituents is 3. The molecule has 0 saturated heterocycles. The lowest BCUT2D eigenvalue weighted by molar-refractivity contribution is -0.144. The number of phenols is 3. The summed E-state index contributed by atoms with van der Waals surface area (Å²) in [7, 11) is 0. The highest BCUT2D eigenvalue weighted by Crippen LogP contribution is 2.52. The summed E-state index contributed by atoms with van der Waals surface area (Å²) in [4.78, 5) is 26.4. The second-order valence-electron chi connectivity index (χ2n) is 10.9. The van der Waals surface area contributed by atoms with Crippen LogP contribution in [0, 0.1) is 22.7 Å². The fourth-order valence-corrected chi connectivity index (χ4v) is 4.67. The maximum atomic E-state index is 13.5. The zero-order valence-electron chi connectivity index (χ0n) is 20.5. The molecule has 0 spiro atoms. The van der Waals surface area contributed by atoms with E-state index >= 15 is 0 Å². The number of aliphatic hydroxyl groups excluding tert-OH is 1. The highest BCUT2D eigenvalue weighted by atomic mass is 16.3. The summed E-state index contributed by atoms with van der Waals surface area (Å²) in [5.41, 5.74) is -2.20. The van der Waals surface area contributed by atoms with E-state index in [4.69, 9.17) is 0 Å². The highest BCUT2D eigenvalue weighted by molar-refractivity contribution is 6.19. The van der Waals surface area contributed by atoms with Crippen LogP contribution < -0.4 is 0 Å². The zero-order valence-corrected chi connectivity index (χ0v) is 20.5. The van der Waals surface area contributed by atoms with E-state index in [1.807, 2.05) is 27.7 Å². The Morgan fingerprint density at radius 2 is 1.41 bits per heavy atom. The molecule has 4 N–H and O–H groups in total. The van der Waals surface area contributed by atoms with Gasteiger partial charge >= 0.3 is 0 Å². The van der Waals surface area contributed by atoms with Crippen molar-refractivity contribution in [1.29, 1.82) is 0 Å². The second kappa shape index (κ2) is 8.80. The van der Waals surface area contributed by atoms with Gasteiger partial charge in [0.15, 0.2) is 11.6 Å². The predicted molar refractivity (Wildman–Crippen MR) is 124 cm³/mol. The average molecular weight is 447 g/mol. The highest BCUT2D eigenvalue weighted by Gasteiger charge is 2.54. The number of carbonyl (C=O) groups excluding carboxylic acids is 2. The third-order valence-corrected chi connectivity index (χ3v) is 6.57. The van der Waals surface area contributed by atoms with Gasteiger partial charge in [0.1, 0.15) is 23.0 Å². The maximum absolute atomic E-state index is 13.5. The predicted octanol–water partition coefficient (Wildman–Crippen LogP) is 5.54. The van der Waals surface area contributed by atoms with Crippen molar-refractivity contribution in [3.63, 3.8) is 0 Å². The summed E-state index contributed by atoms with van der Waals surface area (Å²) < 4.78 is 0. The van der Waals surface area contributed by atoms with Gasteiger partial charge in [0.25, 0.3) is 0 Å². The van der Waals surface area contributed by atoms with E-state index in [1.54, 1.807) is 27.7 Å². The van der Waals surface area contributed by atoms with Crippen molar-refractivity contribution in [2.75, 3.05) is 0 Å². The van der Waals surface area contributed by atoms with Gasteiger partial charge in [-0.2, -0.15) is 0 Å². The first-order chi connectivity index (χ1) is 14.5. The SMILES string of the molecule is CC(C)CCc1c(O)cc(O)c(C(CC(C)C)C2=C(O)C(C)(C)C(=O)C(C)(C)C2=O)c1O. The second-order valence-corrected chi connectivity index (χ2v) is 10.9. The third kappa shape index (κ3) is 4.37. The Kier molecular flexibility index (Phi) is 7.08. The molecule has 6 nitrogen and oxygen atoms in total. The summed E-state index contributed by atoms with van der Waals surface area (Å²) in [6.07, 6.45) is 1.45. The molecule has 0 saturated carbocycles. The molecule has 0 aliphatic heterocycles. The number of aromatic hydroxyl groups is 3. The first-order valence-corrected chi connectivity index (χ1v) is 11.3. The lowest BCUT2D eigenvalue weighted by Crippen LogP contribution is -2.49. The molecule has 1 aromatic rings. The molecule has 1 unspecified atom stereocenters. The first-order valence-electron chi connectivity index (χ1n) is 11.3. The van der Waals surface area contributed by atoms with Crippen molar-refractivity contribution in [2.45, 2.75) is 80.6 Å². The Morgan fingerprint density at radius 1 is 0.844 bits per heavy atom. The van der Waals surface area contributed by atoms with Crippen molar-refractivity contribution in [2.24, 2.45) is 22.7 Å². The Labute approximate surface area is 191 Å². The minimum Gasteiger partial charge on any atom is -0.511 e. The third-order valence-electron chi connectivity index (χ3n) is 6.57. The van der Waals surface area contributed by atoms with Gasteiger partial charge in [-0.1, -0.05) is 27.7 Å². The normalized spacial score (nSPS) is 19.2. The molecule has 0 amide bonds. The first kappa shape index (κ1) is 25.8. The quantitative estimate of drug-likeness (QED) is 0.409. The van der Waals surface area contributed by atoms with Crippen LogP contribution in [0.15, 0.2) is 17.4 Å². The summed E-state index contributed by atoms with van der Waals surface area (Å²) >= 11 is 0. The number of benzene rings is 1. The van der Waals surface area contributed by atoms with E-state index < -0.39 is 22.5 Å². The molecular formula is C26H38O6. The Balaban J connectivity index is 2.83. The van der Waals surface area contributed by atoms with Crippen LogP contribution in [0.5, 0.6) is 17.2 Å². The average Bonchev–Trinajstić information content (AvgIpc) is 2.64. The van der Waals surface area contributed by atoms with E-state index in [2.05, 4.69) is 0 Å². The number of ketones is 2. The van der Waals surface area contributed by atoms with Crippen LogP contribution in [0.4, 0.5) is 0 Å². The lowest BCUT2D eigenvalue weighted by atomic mass is 9.60. The lowest BCUT2D eigenvalue weighted by Gasteiger charge is -2.41. The molecule has 1 aromatic carbocycles. The summed E-state index contributed by atoms with van der Waals surface area (Å²) in [6, 6.07) is 1.18. The number of aliphatic hydroxyl groups is 1. The van der Waals surface area contributed by atoms with Gasteiger partial charge in [-0.3, -0.25) is 9.59 Å². The number of hydrogen-bond donors (Lipinski definition) is 4. The molecule has 2 rings (SSSR count). The van der Waals surface area contributed by atoms with Crippen molar-refractivity contribution >= 4 is 11.6 Å². The molecule has 0 aromatic heterocycles. The minimum absolute atomic E-state index is 0.0411. The fraction of sp³-hybridized carbons (Fsp3) is 0.615. The monoisotopic (exact) mass is 446 g/mol. The minimum atomic E-state index is -1.36. The van der Waals surface area contributed by atoms with E-state index in [9.17, 15) is 30.0 Å². The molecule has 178 valence electrons. The summed E-state index contributed by atoms with van der Waals surface area (Å²) in [5.74, 6) is -2.51. The van der Waals surface area contributed by atoms with E-state index in [0.717, 1.165) is 0 Å². The molecule has 0 radical (unpaired) electrons. The topological polar surface area (TPSA) is 115 Å². The van der Waals surface area contributed by atoms with Crippen LogP contribution in [-0.2, 0) is 16.0 Å². The van der Waals surface area contributed by atoms with Crippen molar-refractivity contribution in [1.82, 2.24) is 0 Å². The standard InChI is InChI=1S/C26H38O6/c1-13(2)9-10-15-17(27)12-18(28)19(21(15)29)16(11-14(3)4)20-22(30)25(5,6)24(32)26(7,8)23(20)31/h12-14,16,27-30H,9-11H2,1-8H3. The molecule has 0 fully saturated rings. The molecule has 6 heteroatoms. The van der Waals surface area contributed by atoms with Crippen molar-refractivity contribution in [3.8, 4) is 17.2 Å². The summed E-state index contributed by atoms with van der Waals surface area (Å²) in [6.45, 7) is 14.2. The number of carbonyl (C=O) groups is 2. The fourth-order valence-electron chi connectivity index (χ4n) is 4.67. The molecule has 0 bridgehead atoms. The Bertz CT molecular complexity index is 950. The van der Waals surface area contributed by atoms with Crippen LogP contribution >= 0.6 is 0 Å². The van der Waals surface area contributed by atoms with Crippen LogP contribution in [0.3, 0.4) is 0 Å². The number of hydrogen-bond acceptors (Lipinski definition) is 6. The van der Waals surface area contributed by atoms with Crippen LogP contribution in [-0.4, -0.2) is 32.0 Å². The summed E-state index contributed by atoms with van der Waals surface area (Å²) in [5, 5.41) is 43.4. The van der Waals surface area contributed by atoms with Crippen molar-refractivity contribution in [3.05, 3.63) is 28.5 Å². The van der Waals surface area contributed by atoms with E-state index in [-0.39, 0.29) is 45.8 Å². The van der Waals surface area contributed by atoms with Gasteiger partial charge < -0.3 is 20.4 Å². The van der Waals surface area contributed by atoms with Crippen LogP contribution in [0.1, 0.15) is 85.3 Å². The van der Waals surface area contributed by atoms with E-state index in [1.165, 1.54) is 6.07 Å². The molecule has 1 atom stereocenters. The largest absolute Gasteiger partial charge is 0.511 e. The van der Waals surface area contributed by atoms with Crippen LogP contribution in [0.25, 0.3) is 0 Å². The van der Waals surface area contributed by atoms with Crippen molar-refractivity contribution < 1.29 is 30.0 Å². The smallest absolute Gasteiger partial charge is 0.175 e. The molecule has 1 aliphatic carbocycles. The Morgan fingerprint density at radius 3 is 1.91 bits per heavy atom.